The largest absolute Gasteiger partial charge is 0.380 e. The molecule has 0 aliphatic carbocycles. The quantitative estimate of drug-likeness (QED) is 0.838. The summed E-state index contributed by atoms with van der Waals surface area (Å²) in [6.07, 6.45) is 3.59. The molecule has 2 rings (SSSR count). The van der Waals surface area contributed by atoms with Crippen molar-refractivity contribution in [2.24, 2.45) is 5.73 Å². The summed E-state index contributed by atoms with van der Waals surface area (Å²) in [5.74, 6) is 1.00. The number of rotatable bonds is 6. The Labute approximate surface area is 107 Å². The monoisotopic (exact) mass is 248 g/mol. The SMILES string of the molecule is CCCn1c(CC(CN)OC)nc2cccnc21. The van der Waals surface area contributed by atoms with E-state index in [2.05, 4.69) is 21.5 Å². The van der Waals surface area contributed by atoms with Gasteiger partial charge in [-0.3, -0.25) is 0 Å². The van der Waals surface area contributed by atoms with Crippen LogP contribution in [0.4, 0.5) is 0 Å². The maximum absolute atomic E-state index is 5.67. The predicted octanol–water partition coefficient (Wildman–Crippen LogP) is 1.36. The maximum Gasteiger partial charge on any atom is 0.159 e. The van der Waals surface area contributed by atoms with Gasteiger partial charge in [-0.1, -0.05) is 6.92 Å². The smallest absolute Gasteiger partial charge is 0.159 e. The summed E-state index contributed by atoms with van der Waals surface area (Å²) in [4.78, 5) is 9.04. The number of imidazole rings is 1. The minimum absolute atomic E-state index is 0.0115. The molecule has 0 spiro atoms. The summed E-state index contributed by atoms with van der Waals surface area (Å²) in [6, 6.07) is 3.90. The van der Waals surface area contributed by atoms with E-state index >= 15 is 0 Å². The van der Waals surface area contributed by atoms with Gasteiger partial charge in [0.15, 0.2) is 5.65 Å². The van der Waals surface area contributed by atoms with Crippen LogP contribution in [0, 0.1) is 0 Å². The fourth-order valence-electron chi connectivity index (χ4n) is 2.09. The Morgan fingerprint density at radius 1 is 1.50 bits per heavy atom. The van der Waals surface area contributed by atoms with Crippen molar-refractivity contribution in [1.29, 1.82) is 0 Å². The molecule has 1 unspecified atom stereocenters. The van der Waals surface area contributed by atoms with Gasteiger partial charge in [0.25, 0.3) is 0 Å². The number of pyridine rings is 1. The van der Waals surface area contributed by atoms with Gasteiger partial charge in [0.2, 0.25) is 0 Å². The molecule has 2 heterocycles. The number of hydrogen-bond donors (Lipinski definition) is 1. The first-order chi connectivity index (χ1) is 8.80. The van der Waals surface area contributed by atoms with Gasteiger partial charge in [0.05, 0.1) is 6.10 Å². The lowest BCUT2D eigenvalue weighted by atomic mass is 10.2. The number of fused-ring (bicyclic) bond motifs is 1. The molecule has 0 aliphatic rings. The summed E-state index contributed by atoms with van der Waals surface area (Å²) in [6.45, 7) is 3.57. The zero-order chi connectivity index (χ0) is 13.0. The molecule has 5 nitrogen and oxygen atoms in total. The third kappa shape index (κ3) is 2.52. The number of methoxy groups -OCH3 is 1. The average Bonchev–Trinajstić information content (AvgIpc) is 2.75. The van der Waals surface area contributed by atoms with Crippen LogP contribution in [-0.2, 0) is 17.7 Å². The summed E-state index contributed by atoms with van der Waals surface area (Å²) in [5, 5.41) is 0. The molecule has 0 saturated carbocycles. The third-order valence-electron chi connectivity index (χ3n) is 3.04. The van der Waals surface area contributed by atoms with Crippen LogP contribution in [0.25, 0.3) is 11.2 Å². The topological polar surface area (TPSA) is 66.0 Å². The zero-order valence-corrected chi connectivity index (χ0v) is 11.0. The highest BCUT2D eigenvalue weighted by atomic mass is 16.5. The van der Waals surface area contributed by atoms with E-state index in [1.165, 1.54) is 0 Å². The Balaban J connectivity index is 2.38. The van der Waals surface area contributed by atoms with Crippen molar-refractivity contribution in [2.45, 2.75) is 32.4 Å². The normalized spacial score (nSPS) is 13.1. The lowest BCUT2D eigenvalue weighted by molar-refractivity contribution is 0.107. The number of ether oxygens (including phenoxy) is 1. The molecule has 0 saturated heterocycles. The fraction of sp³-hybridized carbons (Fsp3) is 0.538. The van der Waals surface area contributed by atoms with Crippen LogP contribution < -0.4 is 5.73 Å². The van der Waals surface area contributed by atoms with Crippen molar-refractivity contribution in [2.75, 3.05) is 13.7 Å². The van der Waals surface area contributed by atoms with Crippen molar-refractivity contribution in [3.05, 3.63) is 24.2 Å². The molecule has 0 bridgehead atoms. The number of hydrogen-bond acceptors (Lipinski definition) is 4. The van der Waals surface area contributed by atoms with Crippen LogP contribution in [0.1, 0.15) is 19.2 Å². The van der Waals surface area contributed by atoms with E-state index in [1.807, 2.05) is 12.1 Å². The van der Waals surface area contributed by atoms with Crippen LogP contribution >= 0.6 is 0 Å². The standard InChI is InChI=1S/C13H20N4O/c1-3-7-17-12(8-10(9-14)18-2)16-11-5-4-6-15-13(11)17/h4-6,10H,3,7-9,14H2,1-2H3. The molecule has 0 radical (unpaired) electrons. The van der Waals surface area contributed by atoms with Gasteiger partial charge in [0, 0.05) is 32.8 Å². The molecular formula is C13H20N4O. The first-order valence-electron chi connectivity index (χ1n) is 6.33. The lowest BCUT2D eigenvalue weighted by Gasteiger charge is -2.13. The Bertz CT molecular complexity index is 505. The first kappa shape index (κ1) is 13.0. The van der Waals surface area contributed by atoms with Gasteiger partial charge >= 0.3 is 0 Å². The highest BCUT2D eigenvalue weighted by Gasteiger charge is 2.15. The molecule has 0 amide bonds. The molecule has 0 aromatic carbocycles. The van der Waals surface area contributed by atoms with Crippen LogP contribution in [0.2, 0.25) is 0 Å². The van der Waals surface area contributed by atoms with Gasteiger partial charge < -0.3 is 15.0 Å². The minimum Gasteiger partial charge on any atom is -0.380 e. The van der Waals surface area contributed by atoms with Crippen LogP contribution in [-0.4, -0.2) is 34.3 Å². The summed E-state index contributed by atoms with van der Waals surface area (Å²) < 4.78 is 7.50. The van der Waals surface area contributed by atoms with E-state index in [9.17, 15) is 0 Å². The van der Waals surface area contributed by atoms with Crippen LogP contribution in [0.5, 0.6) is 0 Å². The Kier molecular flexibility index (Phi) is 4.28. The first-order valence-corrected chi connectivity index (χ1v) is 6.33. The number of nitrogens with two attached hydrogens (primary N) is 1. The molecule has 98 valence electrons. The number of nitrogens with zero attached hydrogens (tertiary/aromatic N) is 3. The van der Waals surface area contributed by atoms with Crippen molar-refractivity contribution >= 4 is 11.2 Å². The maximum atomic E-state index is 5.67. The summed E-state index contributed by atoms with van der Waals surface area (Å²) in [5.41, 5.74) is 7.56. The van der Waals surface area contributed by atoms with Crippen molar-refractivity contribution in [3.8, 4) is 0 Å². The van der Waals surface area contributed by atoms with E-state index in [-0.39, 0.29) is 6.10 Å². The van der Waals surface area contributed by atoms with Gasteiger partial charge in [-0.2, -0.15) is 0 Å². The van der Waals surface area contributed by atoms with E-state index < -0.39 is 0 Å². The second kappa shape index (κ2) is 5.93. The second-order valence-electron chi connectivity index (χ2n) is 4.32. The average molecular weight is 248 g/mol. The molecule has 2 aromatic rings. The number of aromatic nitrogens is 3. The molecule has 0 aliphatic heterocycles. The van der Waals surface area contributed by atoms with Gasteiger partial charge in [-0.25, -0.2) is 9.97 Å². The molecule has 2 aromatic heterocycles. The molecule has 18 heavy (non-hydrogen) atoms. The predicted molar refractivity (Wildman–Crippen MR) is 71.4 cm³/mol. The highest BCUT2D eigenvalue weighted by Crippen LogP contribution is 2.15. The van der Waals surface area contributed by atoms with E-state index in [1.54, 1.807) is 13.3 Å². The zero-order valence-electron chi connectivity index (χ0n) is 11.0. The fourth-order valence-corrected chi connectivity index (χ4v) is 2.09. The Morgan fingerprint density at radius 3 is 3.00 bits per heavy atom. The van der Waals surface area contributed by atoms with Crippen molar-refractivity contribution in [3.63, 3.8) is 0 Å². The number of aryl methyl sites for hydroxylation is 1. The van der Waals surface area contributed by atoms with Gasteiger partial charge in [0.1, 0.15) is 11.3 Å². The van der Waals surface area contributed by atoms with Crippen molar-refractivity contribution in [1.82, 2.24) is 14.5 Å². The molecule has 1 atom stereocenters. The molecule has 0 fully saturated rings. The van der Waals surface area contributed by atoms with E-state index in [0.717, 1.165) is 36.4 Å². The van der Waals surface area contributed by atoms with Gasteiger partial charge in [-0.05, 0) is 18.6 Å². The lowest BCUT2D eigenvalue weighted by Crippen LogP contribution is -2.26. The second-order valence-corrected chi connectivity index (χ2v) is 4.32. The molecular weight excluding hydrogens is 228 g/mol. The van der Waals surface area contributed by atoms with Crippen LogP contribution in [0.3, 0.4) is 0 Å². The molecule has 2 N–H and O–H groups in total. The Morgan fingerprint density at radius 2 is 2.33 bits per heavy atom. The highest BCUT2D eigenvalue weighted by molar-refractivity contribution is 5.71. The van der Waals surface area contributed by atoms with Crippen molar-refractivity contribution < 1.29 is 4.74 Å². The summed E-state index contributed by atoms with van der Waals surface area (Å²) in [7, 11) is 1.68. The van der Waals surface area contributed by atoms with E-state index in [4.69, 9.17) is 10.5 Å². The minimum atomic E-state index is 0.0115. The van der Waals surface area contributed by atoms with Crippen LogP contribution in [0.15, 0.2) is 18.3 Å². The summed E-state index contributed by atoms with van der Waals surface area (Å²) >= 11 is 0. The molecule has 5 heteroatoms. The third-order valence-corrected chi connectivity index (χ3v) is 3.04. The Hall–Kier alpha value is -1.46. The van der Waals surface area contributed by atoms with E-state index in [0.29, 0.717) is 6.54 Å². The van der Waals surface area contributed by atoms with Gasteiger partial charge in [-0.15, -0.1) is 0 Å².